The molecule has 0 unspecified atom stereocenters. The summed E-state index contributed by atoms with van der Waals surface area (Å²) in [7, 11) is 0. The minimum absolute atomic E-state index is 0.0605. The normalized spacial score (nSPS) is 27.0. The molecule has 7 atom stereocenters. The van der Waals surface area contributed by atoms with Gasteiger partial charge in [0.1, 0.15) is 54.5 Å². The lowest BCUT2D eigenvalue weighted by molar-refractivity contribution is -0.158. The van der Waals surface area contributed by atoms with E-state index in [1.54, 1.807) is 6.08 Å². The average Bonchev–Trinajstić information content (AvgIpc) is 3.81. The van der Waals surface area contributed by atoms with E-state index >= 15 is 0 Å². The number of unbranched alkanes of at least 4 members (excludes halogenated alkanes) is 3. The molecule has 0 aromatic heterocycles. The molecule has 306 valence electrons. The fraction of sp³-hybridized carbons (Fsp3) is 0.625. The first-order valence-corrected chi connectivity index (χ1v) is 19.9. The van der Waals surface area contributed by atoms with Crippen LogP contribution in [-0.2, 0) is 44.7 Å². The molecule has 1 aromatic carbocycles. The number of benzene rings is 1. The highest BCUT2D eigenvalue weighted by Crippen LogP contribution is 2.28. The van der Waals surface area contributed by atoms with Crippen molar-refractivity contribution in [2.24, 2.45) is 5.92 Å². The van der Waals surface area contributed by atoms with Crippen molar-refractivity contribution in [2.45, 2.75) is 128 Å². The van der Waals surface area contributed by atoms with Gasteiger partial charge in [0.2, 0.25) is 35.4 Å². The number of allylic oxidation sites excluding steroid dienone is 1. The standard InChI is InChI=1S/C40H54F2N6O8/c1-4-5-6-7-8-14-34(49)44-29(20-26-18-27(41)21-28(42)19-26)35(50)45-30-23-56-40(55)33-17-24(2)22-48(33)37(52)25(3)43-36(51)31-12-9-10-15-46(31)39(54)32-13-11-16-47(32)38(30)53/h8,14,18-19,21,24-25,29-33H,4-7,9-13,15-17,20,22-23H2,1-3H3,(H,43,51)(H,44,49)(H,45,50)/b14-8+/t24-,25+,29+,30+,31+,32+,33+/m1/s1. The lowest BCUT2D eigenvalue weighted by atomic mass is 9.99. The van der Waals surface area contributed by atoms with Gasteiger partial charge in [-0.05, 0) is 88.0 Å². The fourth-order valence-corrected chi connectivity index (χ4v) is 8.08. The summed E-state index contributed by atoms with van der Waals surface area (Å²) < 4.78 is 34.1. The molecule has 3 N–H and O–H groups in total. The second-order valence-electron chi connectivity index (χ2n) is 15.4. The minimum atomic E-state index is -1.55. The van der Waals surface area contributed by atoms with Gasteiger partial charge in [-0.15, -0.1) is 0 Å². The summed E-state index contributed by atoms with van der Waals surface area (Å²) in [4.78, 5) is 101. The van der Waals surface area contributed by atoms with Crippen LogP contribution in [0.1, 0.15) is 90.5 Å². The number of nitrogens with one attached hydrogen (secondary N) is 3. The van der Waals surface area contributed by atoms with Gasteiger partial charge >= 0.3 is 5.97 Å². The van der Waals surface area contributed by atoms with Crippen molar-refractivity contribution in [2.75, 3.05) is 26.2 Å². The quantitative estimate of drug-likeness (QED) is 0.184. The van der Waals surface area contributed by atoms with Crippen molar-refractivity contribution in [3.05, 3.63) is 47.5 Å². The number of halogens is 2. The fourth-order valence-electron chi connectivity index (χ4n) is 8.08. The number of amides is 6. The van der Waals surface area contributed by atoms with E-state index in [0.29, 0.717) is 38.2 Å². The molecule has 14 nitrogen and oxygen atoms in total. The molecule has 4 aliphatic heterocycles. The molecule has 0 radical (unpaired) electrons. The highest BCUT2D eigenvalue weighted by atomic mass is 19.1. The Morgan fingerprint density at radius 2 is 1.59 bits per heavy atom. The number of ether oxygens (including phenoxy) is 1. The molecule has 0 bridgehead atoms. The monoisotopic (exact) mass is 784 g/mol. The van der Waals surface area contributed by atoms with Gasteiger partial charge in [0.15, 0.2) is 0 Å². The summed E-state index contributed by atoms with van der Waals surface area (Å²) in [5, 5.41) is 7.94. The third-order valence-electron chi connectivity index (χ3n) is 10.9. The van der Waals surface area contributed by atoms with Crippen LogP contribution in [0.25, 0.3) is 0 Å². The lowest BCUT2D eigenvalue weighted by Gasteiger charge is -2.39. The van der Waals surface area contributed by atoms with E-state index in [0.717, 1.165) is 31.4 Å². The molecule has 0 saturated carbocycles. The van der Waals surface area contributed by atoms with Crippen LogP contribution in [0, 0.1) is 17.6 Å². The zero-order chi connectivity index (χ0) is 40.5. The minimum Gasteiger partial charge on any atom is -0.461 e. The third kappa shape index (κ3) is 10.5. The van der Waals surface area contributed by atoms with E-state index in [2.05, 4.69) is 16.0 Å². The molecule has 4 fully saturated rings. The van der Waals surface area contributed by atoms with Crippen LogP contribution in [0.4, 0.5) is 8.78 Å². The van der Waals surface area contributed by atoms with Crippen molar-refractivity contribution in [3.8, 4) is 0 Å². The molecule has 16 heteroatoms. The molecule has 4 heterocycles. The van der Waals surface area contributed by atoms with Crippen molar-refractivity contribution < 1.29 is 47.1 Å². The van der Waals surface area contributed by atoms with E-state index in [1.165, 1.54) is 27.7 Å². The molecule has 1 aromatic rings. The summed E-state index contributed by atoms with van der Waals surface area (Å²) in [6.45, 7) is 5.41. The zero-order valence-corrected chi connectivity index (χ0v) is 32.4. The maximum absolute atomic E-state index is 14.4. The summed E-state index contributed by atoms with van der Waals surface area (Å²) >= 11 is 0. The summed E-state index contributed by atoms with van der Waals surface area (Å²) in [5.74, 6) is -6.40. The largest absolute Gasteiger partial charge is 0.461 e. The van der Waals surface area contributed by atoms with Gasteiger partial charge in [0.05, 0.1) is 0 Å². The van der Waals surface area contributed by atoms with E-state index in [4.69, 9.17) is 4.74 Å². The van der Waals surface area contributed by atoms with Crippen LogP contribution in [0.15, 0.2) is 30.4 Å². The number of rotatable bonds is 10. The molecule has 0 spiro atoms. The second kappa shape index (κ2) is 19.3. The van der Waals surface area contributed by atoms with E-state index in [-0.39, 0.29) is 50.4 Å². The Bertz CT molecular complexity index is 1670. The predicted molar refractivity (Wildman–Crippen MR) is 199 cm³/mol. The number of fused-ring (bicyclic) bond motifs is 3. The van der Waals surface area contributed by atoms with E-state index in [9.17, 15) is 42.3 Å². The molecule has 5 rings (SSSR count). The topological polar surface area (TPSA) is 175 Å². The van der Waals surface area contributed by atoms with Gasteiger partial charge < -0.3 is 35.4 Å². The van der Waals surface area contributed by atoms with Gasteiger partial charge in [0, 0.05) is 32.1 Å². The van der Waals surface area contributed by atoms with Crippen LogP contribution in [0.2, 0.25) is 0 Å². The smallest absolute Gasteiger partial charge is 0.328 e. The Labute approximate surface area is 326 Å². The van der Waals surface area contributed by atoms with Crippen LogP contribution < -0.4 is 16.0 Å². The number of carbonyl (C=O) groups is 7. The molecular formula is C40H54F2N6O8. The summed E-state index contributed by atoms with van der Waals surface area (Å²) in [6, 6.07) is -4.13. The first kappa shape index (κ1) is 42.3. The Morgan fingerprint density at radius 1 is 0.893 bits per heavy atom. The average molecular weight is 785 g/mol. The summed E-state index contributed by atoms with van der Waals surface area (Å²) in [5.41, 5.74) is 0.0605. The van der Waals surface area contributed by atoms with Gasteiger partial charge in [0.25, 0.3) is 0 Å². The molecule has 56 heavy (non-hydrogen) atoms. The molecule has 4 aliphatic rings. The van der Waals surface area contributed by atoms with Gasteiger partial charge in [-0.2, -0.15) is 0 Å². The Morgan fingerprint density at radius 3 is 2.32 bits per heavy atom. The van der Waals surface area contributed by atoms with Crippen LogP contribution >= 0.6 is 0 Å². The van der Waals surface area contributed by atoms with Gasteiger partial charge in [-0.3, -0.25) is 28.8 Å². The van der Waals surface area contributed by atoms with Crippen molar-refractivity contribution in [1.82, 2.24) is 30.7 Å². The van der Waals surface area contributed by atoms with Crippen LogP contribution in [-0.4, -0.2) is 119 Å². The Balaban J connectivity index is 1.46. The third-order valence-corrected chi connectivity index (χ3v) is 10.9. The maximum atomic E-state index is 14.4. The molecule has 6 amide bonds. The highest BCUT2D eigenvalue weighted by Gasteiger charge is 2.46. The first-order chi connectivity index (χ1) is 26.8. The number of piperidine rings is 1. The first-order valence-electron chi connectivity index (χ1n) is 19.9. The van der Waals surface area contributed by atoms with E-state index < -0.39 is 95.9 Å². The lowest BCUT2D eigenvalue weighted by Crippen LogP contribution is -2.62. The summed E-state index contributed by atoms with van der Waals surface area (Å²) in [6.07, 6.45) is 8.68. The number of carbonyl (C=O) groups excluding carboxylic acids is 7. The number of nitrogens with zero attached hydrogens (tertiary/aromatic N) is 3. The number of hydrogen-bond acceptors (Lipinski definition) is 8. The maximum Gasteiger partial charge on any atom is 0.328 e. The zero-order valence-electron chi connectivity index (χ0n) is 32.4. The van der Waals surface area contributed by atoms with Gasteiger partial charge in [-0.25, -0.2) is 13.6 Å². The number of cyclic esters (lactones) is 1. The van der Waals surface area contributed by atoms with E-state index in [1.807, 2.05) is 13.8 Å². The second-order valence-corrected chi connectivity index (χ2v) is 15.4. The highest BCUT2D eigenvalue weighted by molar-refractivity contribution is 5.98. The van der Waals surface area contributed by atoms with Crippen molar-refractivity contribution in [3.63, 3.8) is 0 Å². The Kier molecular flexibility index (Phi) is 14.6. The van der Waals surface area contributed by atoms with Gasteiger partial charge in [-0.1, -0.05) is 32.8 Å². The van der Waals surface area contributed by atoms with Crippen molar-refractivity contribution in [1.29, 1.82) is 0 Å². The Hall–Kier alpha value is -4.89. The SMILES string of the molecule is CCCCC/C=C/C(=O)N[C@@H](Cc1cc(F)cc(F)c1)C(=O)N[C@H]1COC(=O)[C@@H]2C[C@@H](C)CN2C(=O)[C@H](C)NC(=O)[C@@H]2CCCCN2C(=O)[C@@H]2CCCN2C1=O. The van der Waals surface area contributed by atoms with Crippen LogP contribution in [0.5, 0.6) is 0 Å². The number of esters is 1. The predicted octanol–water partition coefficient (Wildman–Crippen LogP) is 2.28. The molecular weight excluding hydrogens is 730 g/mol. The van der Waals surface area contributed by atoms with Crippen molar-refractivity contribution >= 4 is 41.4 Å². The molecule has 0 aliphatic carbocycles. The molecule has 4 saturated heterocycles. The number of hydrogen-bond donors (Lipinski definition) is 3. The van der Waals surface area contributed by atoms with Crippen LogP contribution in [0.3, 0.4) is 0 Å².